The minimum Gasteiger partial charge on any atom is -0.236 e. The third-order valence-electron chi connectivity index (χ3n) is 1.17. The van der Waals surface area contributed by atoms with Crippen LogP contribution in [0.15, 0.2) is 5.38 Å². The van der Waals surface area contributed by atoms with Crippen LogP contribution in [0.25, 0.3) is 0 Å². The molecule has 1 atom stereocenters. The molecule has 1 unspecified atom stereocenters. The first-order chi connectivity index (χ1) is 5.41. The summed E-state index contributed by atoms with van der Waals surface area (Å²) in [5.74, 6) is 0. The number of aromatic nitrogens is 1. The zero-order valence-electron chi connectivity index (χ0n) is 6.09. The summed E-state index contributed by atoms with van der Waals surface area (Å²) < 4.78 is 36.0. The van der Waals surface area contributed by atoms with Crippen LogP contribution in [-0.4, -0.2) is 4.98 Å². The summed E-state index contributed by atoms with van der Waals surface area (Å²) in [5.41, 5.74) is -0.830. The Morgan fingerprint density at radius 2 is 2.17 bits per heavy atom. The second kappa shape index (κ2) is 3.26. The molecule has 1 aromatic heterocycles. The Hall–Kier alpha value is -0.230. The van der Waals surface area contributed by atoms with E-state index in [0.717, 1.165) is 16.7 Å². The molecule has 0 saturated heterocycles. The first-order valence-corrected chi connectivity index (χ1v) is 4.51. The second-order valence-corrected chi connectivity index (χ2v) is 3.91. The molecule has 1 aromatic rings. The van der Waals surface area contributed by atoms with E-state index in [0.29, 0.717) is 5.01 Å². The highest BCUT2D eigenvalue weighted by Crippen LogP contribution is 2.32. The van der Waals surface area contributed by atoms with Gasteiger partial charge in [-0.15, -0.1) is 11.3 Å². The van der Waals surface area contributed by atoms with Crippen molar-refractivity contribution in [2.45, 2.75) is 18.3 Å². The molecule has 1 nitrogen and oxygen atoms in total. The number of halogens is 3. The third kappa shape index (κ3) is 2.13. The molecule has 0 spiro atoms. The molecule has 0 amide bonds. The zero-order valence-corrected chi connectivity index (χ0v) is 7.80. The van der Waals surface area contributed by atoms with Crippen molar-refractivity contribution in [3.8, 4) is 0 Å². The van der Waals surface area contributed by atoms with E-state index in [2.05, 4.69) is 17.6 Å². The first kappa shape index (κ1) is 9.85. The minimum atomic E-state index is -4.34. The van der Waals surface area contributed by atoms with Gasteiger partial charge >= 0.3 is 6.18 Å². The zero-order chi connectivity index (χ0) is 9.35. The summed E-state index contributed by atoms with van der Waals surface area (Å²) in [7, 11) is 0. The maximum Gasteiger partial charge on any atom is 0.434 e. The maximum atomic E-state index is 12.0. The van der Waals surface area contributed by atoms with E-state index in [1.54, 1.807) is 6.92 Å². The van der Waals surface area contributed by atoms with Crippen molar-refractivity contribution in [2.24, 2.45) is 0 Å². The van der Waals surface area contributed by atoms with Crippen LogP contribution in [0, 0.1) is 0 Å². The van der Waals surface area contributed by atoms with Gasteiger partial charge in [-0.3, -0.25) is 0 Å². The van der Waals surface area contributed by atoms with Gasteiger partial charge < -0.3 is 0 Å². The van der Waals surface area contributed by atoms with Gasteiger partial charge in [0.2, 0.25) is 0 Å². The number of hydrogen-bond acceptors (Lipinski definition) is 3. The molecule has 0 aliphatic heterocycles. The smallest absolute Gasteiger partial charge is 0.236 e. The molecule has 0 aliphatic carbocycles. The molecule has 6 heteroatoms. The third-order valence-corrected chi connectivity index (χ3v) is 2.62. The van der Waals surface area contributed by atoms with Crippen LogP contribution < -0.4 is 0 Å². The van der Waals surface area contributed by atoms with E-state index in [1.165, 1.54) is 0 Å². The van der Waals surface area contributed by atoms with Crippen LogP contribution in [0.1, 0.15) is 22.9 Å². The molecule has 12 heavy (non-hydrogen) atoms. The quantitative estimate of drug-likeness (QED) is 0.707. The van der Waals surface area contributed by atoms with Crippen molar-refractivity contribution >= 4 is 24.0 Å². The Morgan fingerprint density at radius 3 is 2.42 bits per heavy atom. The Kier molecular flexibility index (Phi) is 2.67. The lowest BCUT2D eigenvalue weighted by Crippen LogP contribution is -2.05. The van der Waals surface area contributed by atoms with Crippen molar-refractivity contribution in [3.63, 3.8) is 0 Å². The minimum absolute atomic E-state index is 0.244. The van der Waals surface area contributed by atoms with Crippen molar-refractivity contribution in [3.05, 3.63) is 16.1 Å². The number of thiol groups is 1. The van der Waals surface area contributed by atoms with Gasteiger partial charge in [0.25, 0.3) is 0 Å². The van der Waals surface area contributed by atoms with E-state index >= 15 is 0 Å². The van der Waals surface area contributed by atoms with Crippen LogP contribution in [0.4, 0.5) is 13.2 Å². The lowest BCUT2D eigenvalue weighted by Gasteiger charge is -2.00. The Labute approximate surface area is 77.0 Å². The lowest BCUT2D eigenvalue weighted by atomic mass is 10.4. The van der Waals surface area contributed by atoms with Crippen LogP contribution in [-0.2, 0) is 6.18 Å². The van der Waals surface area contributed by atoms with E-state index in [1.807, 2.05) is 0 Å². The molecule has 0 fully saturated rings. The van der Waals surface area contributed by atoms with Crippen LogP contribution in [0.3, 0.4) is 0 Å². The highest BCUT2D eigenvalue weighted by molar-refractivity contribution is 7.80. The highest BCUT2D eigenvalue weighted by Gasteiger charge is 2.33. The first-order valence-electron chi connectivity index (χ1n) is 3.12. The molecular weight excluding hydrogens is 207 g/mol. The number of rotatable bonds is 1. The number of nitrogens with zero attached hydrogens (tertiary/aromatic N) is 1. The average molecular weight is 213 g/mol. The van der Waals surface area contributed by atoms with Gasteiger partial charge in [-0.2, -0.15) is 25.8 Å². The number of thiazole rings is 1. The van der Waals surface area contributed by atoms with Gasteiger partial charge in [0.1, 0.15) is 5.01 Å². The summed E-state index contributed by atoms with van der Waals surface area (Å²) in [6.07, 6.45) is -4.34. The molecule has 1 rings (SSSR count). The van der Waals surface area contributed by atoms with Gasteiger partial charge in [-0.1, -0.05) is 0 Å². The van der Waals surface area contributed by atoms with E-state index < -0.39 is 11.9 Å². The Morgan fingerprint density at radius 1 is 1.58 bits per heavy atom. The summed E-state index contributed by atoms with van der Waals surface area (Å²) in [4.78, 5) is 3.40. The van der Waals surface area contributed by atoms with E-state index in [4.69, 9.17) is 0 Å². The summed E-state index contributed by atoms with van der Waals surface area (Å²) in [6.45, 7) is 1.68. The molecule has 0 aliphatic rings. The molecule has 0 bridgehead atoms. The van der Waals surface area contributed by atoms with Gasteiger partial charge in [0.15, 0.2) is 5.69 Å². The van der Waals surface area contributed by atoms with Crippen LogP contribution >= 0.6 is 24.0 Å². The van der Waals surface area contributed by atoms with Crippen molar-refractivity contribution in [2.75, 3.05) is 0 Å². The van der Waals surface area contributed by atoms with Crippen molar-refractivity contribution in [1.82, 2.24) is 4.98 Å². The molecule has 0 aromatic carbocycles. The topological polar surface area (TPSA) is 12.9 Å². The SMILES string of the molecule is CC(S)c1nc(C(F)(F)F)cs1. The molecule has 68 valence electrons. The summed E-state index contributed by atoms with van der Waals surface area (Å²) in [6, 6.07) is 0. The predicted molar refractivity (Wildman–Crippen MR) is 44.5 cm³/mol. The number of alkyl halides is 3. The lowest BCUT2D eigenvalue weighted by molar-refractivity contribution is -0.140. The van der Waals surface area contributed by atoms with Crippen LogP contribution in [0.5, 0.6) is 0 Å². The fourth-order valence-electron chi connectivity index (χ4n) is 0.610. The standard InChI is InChI=1S/C6H6F3NS2/c1-3(11)5-10-4(2-12-5)6(7,8)9/h2-3,11H,1H3. The monoisotopic (exact) mass is 213 g/mol. The maximum absolute atomic E-state index is 12.0. The Balaban J connectivity index is 2.92. The number of hydrogen-bond donors (Lipinski definition) is 1. The van der Waals surface area contributed by atoms with Crippen molar-refractivity contribution in [1.29, 1.82) is 0 Å². The van der Waals surface area contributed by atoms with E-state index in [9.17, 15) is 13.2 Å². The second-order valence-electron chi connectivity index (χ2n) is 2.24. The fourth-order valence-corrected chi connectivity index (χ4v) is 1.62. The van der Waals surface area contributed by atoms with Gasteiger partial charge in [-0.05, 0) is 6.92 Å². The van der Waals surface area contributed by atoms with E-state index in [-0.39, 0.29) is 5.25 Å². The van der Waals surface area contributed by atoms with Crippen molar-refractivity contribution < 1.29 is 13.2 Å². The van der Waals surface area contributed by atoms with Gasteiger partial charge in [0, 0.05) is 5.38 Å². The summed E-state index contributed by atoms with van der Waals surface area (Å²) >= 11 is 4.95. The predicted octanol–water partition coefficient (Wildman–Crippen LogP) is 3.15. The highest BCUT2D eigenvalue weighted by atomic mass is 32.1. The van der Waals surface area contributed by atoms with Crippen LogP contribution in [0.2, 0.25) is 0 Å². The normalized spacial score (nSPS) is 14.8. The largest absolute Gasteiger partial charge is 0.434 e. The van der Waals surface area contributed by atoms with Gasteiger partial charge in [-0.25, -0.2) is 4.98 Å². The average Bonchev–Trinajstić information content (AvgIpc) is 2.30. The molecule has 0 N–H and O–H groups in total. The molecule has 0 radical (unpaired) electrons. The molecule has 1 heterocycles. The Bertz CT molecular complexity index is 266. The van der Waals surface area contributed by atoms with Gasteiger partial charge in [0.05, 0.1) is 5.25 Å². The fraction of sp³-hybridized carbons (Fsp3) is 0.500. The molecular formula is C6H6F3NS2. The molecule has 0 saturated carbocycles. The summed E-state index contributed by atoms with van der Waals surface area (Å²) in [5, 5.41) is 1.15.